The molecule has 0 aliphatic heterocycles. The molecule has 1 heterocycles. The number of esters is 1. The van der Waals surface area contributed by atoms with E-state index in [9.17, 15) is 9.59 Å². The molecule has 6 heteroatoms. The Hall–Kier alpha value is -3.38. The number of hydrogen-bond donors (Lipinski definition) is 1. The molecule has 30 heavy (non-hydrogen) atoms. The van der Waals surface area contributed by atoms with Crippen LogP contribution in [0, 0.1) is 0 Å². The molecule has 2 aromatic carbocycles. The summed E-state index contributed by atoms with van der Waals surface area (Å²) < 4.78 is 16.7. The smallest absolute Gasteiger partial charge is 0.348 e. The van der Waals surface area contributed by atoms with Gasteiger partial charge in [0.1, 0.15) is 5.76 Å². The van der Waals surface area contributed by atoms with Crippen LogP contribution in [0.1, 0.15) is 36.8 Å². The van der Waals surface area contributed by atoms with Crippen LogP contribution in [0.15, 0.2) is 83.5 Å². The van der Waals surface area contributed by atoms with E-state index in [0.717, 1.165) is 0 Å². The standard InChI is InChI=1S/C24H25NO5/c1-3-30-24(19-11-6-4-7-12-19,20-13-8-5-9-14-20)23(27)29-17-22(26)25-18(2)21-15-10-16-28-21/h4-16,18H,3,17H2,1-2H3,(H,25,26)/t18-/m1/s1. The van der Waals surface area contributed by atoms with Gasteiger partial charge in [-0.1, -0.05) is 60.7 Å². The lowest BCUT2D eigenvalue weighted by atomic mass is 9.86. The Balaban J connectivity index is 1.81. The Morgan fingerprint density at radius 2 is 1.57 bits per heavy atom. The second-order valence-corrected chi connectivity index (χ2v) is 6.73. The Morgan fingerprint density at radius 1 is 0.967 bits per heavy atom. The maximum Gasteiger partial charge on any atom is 0.348 e. The Labute approximate surface area is 175 Å². The van der Waals surface area contributed by atoms with Crippen molar-refractivity contribution >= 4 is 11.9 Å². The van der Waals surface area contributed by atoms with Crippen molar-refractivity contribution in [2.24, 2.45) is 0 Å². The van der Waals surface area contributed by atoms with Gasteiger partial charge in [-0.3, -0.25) is 4.79 Å². The summed E-state index contributed by atoms with van der Waals surface area (Å²) in [6, 6.07) is 21.4. The van der Waals surface area contributed by atoms with Gasteiger partial charge in [0.2, 0.25) is 5.60 Å². The monoisotopic (exact) mass is 407 g/mol. The number of carbonyl (C=O) groups excluding carboxylic acids is 2. The third kappa shape index (κ3) is 4.60. The van der Waals surface area contributed by atoms with E-state index in [1.54, 1.807) is 19.1 Å². The molecule has 1 atom stereocenters. The molecule has 6 nitrogen and oxygen atoms in total. The Morgan fingerprint density at radius 3 is 2.07 bits per heavy atom. The van der Waals surface area contributed by atoms with Crippen molar-refractivity contribution in [2.75, 3.05) is 13.2 Å². The summed E-state index contributed by atoms with van der Waals surface area (Å²) in [5.41, 5.74) is -0.204. The molecule has 0 aliphatic rings. The van der Waals surface area contributed by atoms with Crippen LogP contribution in [0.3, 0.4) is 0 Å². The Kier molecular flexibility index (Phi) is 7.03. The molecule has 0 aliphatic carbocycles. The lowest BCUT2D eigenvalue weighted by molar-refractivity contribution is -0.170. The minimum atomic E-state index is -1.47. The van der Waals surface area contributed by atoms with E-state index < -0.39 is 24.1 Å². The first-order valence-corrected chi connectivity index (χ1v) is 9.83. The van der Waals surface area contributed by atoms with Crippen molar-refractivity contribution in [3.05, 3.63) is 95.9 Å². The third-order valence-corrected chi connectivity index (χ3v) is 4.69. The van der Waals surface area contributed by atoms with E-state index in [1.807, 2.05) is 67.6 Å². The summed E-state index contributed by atoms with van der Waals surface area (Å²) in [6.45, 7) is 3.45. The second kappa shape index (κ2) is 9.89. The van der Waals surface area contributed by atoms with Gasteiger partial charge in [-0.2, -0.15) is 0 Å². The molecular weight excluding hydrogens is 382 g/mol. The predicted molar refractivity (Wildman–Crippen MR) is 112 cm³/mol. The lowest BCUT2D eigenvalue weighted by Gasteiger charge is -2.32. The quantitative estimate of drug-likeness (QED) is 0.543. The molecule has 0 saturated carbocycles. The van der Waals surface area contributed by atoms with E-state index in [-0.39, 0.29) is 12.6 Å². The van der Waals surface area contributed by atoms with Crippen LogP contribution in [-0.2, 0) is 24.7 Å². The highest BCUT2D eigenvalue weighted by Crippen LogP contribution is 2.35. The molecule has 0 unspecified atom stereocenters. The van der Waals surface area contributed by atoms with E-state index in [4.69, 9.17) is 13.9 Å². The molecule has 0 fully saturated rings. The van der Waals surface area contributed by atoms with Crippen molar-refractivity contribution in [3.63, 3.8) is 0 Å². The minimum absolute atomic E-state index is 0.278. The molecule has 1 aromatic heterocycles. The third-order valence-electron chi connectivity index (χ3n) is 4.69. The van der Waals surface area contributed by atoms with E-state index in [2.05, 4.69) is 5.32 Å². The van der Waals surface area contributed by atoms with Gasteiger partial charge in [-0.05, 0) is 37.1 Å². The zero-order chi connectivity index (χ0) is 21.4. The summed E-state index contributed by atoms with van der Waals surface area (Å²) in [5, 5.41) is 2.75. The van der Waals surface area contributed by atoms with Gasteiger partial charge in [0.05, 0.1) is 12.3 Å². The highest BCUT2D eigenvalue weighted by atomic mass is 16.6. The van der Waals surface area contributed by atoms with Gasteiger partial charge in [0, 0.05) is 6.61 Å². The fourth-order valence-corrected chi connectivity index (χ4v) is 3.31. The number of nitrogens with one attached hydrogen (secondary N) is 1. The average molecular weight is 407 g/mol. The van der Waals surface area contributed by atoms with E-state index in [0.29, 0.717) is 16.9 Å². The highest BCUT2D eigenvalue weighted by molar-refractivity contribution is 5.88. The van der Waals surface area contributed by atoms with Crippen molar-refractivity contribution in [1.82, 2.24) is 5.32 Å². The molecule has 3 rings (SSSR count). The number of carbonyl (C=O) groups is 2. The maximum absolute atomic E-state index is 13.3. The van der Waals surface area contributed by atoms with Crippen molar-refractivity contribution in [1.29, 1.82) is 0 Å². The zero-order valence-electron chi connectivity index (χ0n) is 17.0. The molecule has 0 bridgehead atoms. The molecule has 1 amide bonds. The average Bonchev–Trinajstić information content (AvgIpc) is 3.32. The topological polar surface area (TPSA) is 77.8 Å². The van der Waals surface area contributed by atoms with E-state index >= 15 is 0 Å². The first-order chi connectivity index (χ1) is 14.6. The van der Waals surface area contributed by atoms with Crippen molar-refractivity contribution in [2.45, 2.75) is 25.5 Å². The molecule has 3 aromatic rings. The van der Waals surface area contributed by atoms with Crippen LogP contribution in [0.2, 0.25) is 0 Å². The summed E-state index contributed by atoms with van der Waals surface area (Å²) >= 11 is 0. The number of amides is 1. The molecule has 156 valence electrons. The van der Waals surface area contributed by atoms with Crippen molar-refractivity contribution in [3.8, 4) is 0 Å². The van der Waals surface area contributed by atoms with Gasteiger partial charge in [0.25, 0.3) is 5.91 Å². The lowest BCUT2D eigenvalue weighted by Crippen LogP contribution is -2.43. The SMILES string of the molecule is CCOC(C(=O)OCC(=O)N[C@H](C)c1ccco1)(c1ccccc1)c1ccccc1. The fraction of sp³-hybridized carbons (Fsp3) is 0.250. The van der Waals surface area contributed by atoms with Crippen LogP contribution >= 0.6 is 0 Å². The van der Waals surface area contributed by atoms with Crippen molar-refractivity contribution < 1.29 is 23.5 Å². The van der Waals surface area contributed by atoms with E-state index in [1.165, 1.54) is 6.26 Å². The summed E-state index contributed by atoms with van der Waals surface area (Å²) in [5.74, 6) is -0.465. The number of rotatable bonds is 9. The van der Waals surface area contributed by atoms with Gasteiger partial charge >= 0.3 is 5.97 Å². The van der Waals surface area contributed by atoms with Gasteiger partial charge in [0.15, 0.2) is 6.61 Å². The number of furan rings is 1. The second-order valence-electron chi connectivity index (χ2n) is 6.73. The van der Waals surface area contributed by atoms with Gasteiger partial charge in [-0.25, -0.2) is 4.79 Å². The maximum atomic E-state index is 13.3. The van der Waals surface area contributed by atoms with Crippen LogP contribution in [0.5, 0.6) is 0 Å². The van der Waals surface area contributed by atoms with Crippen LogP contribution in [-0.4, -0.2) is 25.1 Å². The number of benzene rings is 2. The number of hydrogen-bond acceptors (Lipinski definition) is 5. The predicted octanol–water partition coefficient (Wildman–Crippen LogP) is 3.98. The Bertz CT molecular complexity index is 899. The molecular formula is C24H25NO5. The molecule has 0 radical (unpaired) electrons. The van der Waals surface area contributed by atoms with Gasteiger partial charge in [-0.15, -0.1) is 0 Å². The normalized spacial score (nSPS) is 12.2. The first-order valence-electron chi connectivity index (χ1n) is 9.83. The largest absolute Gasteiger partial charge is 0.467 e. The van der Waals surface area contributed by atoms with Crippen LogP contribution < -0.4 is 5.32 Å². The summed E-state index contributed by atoms with van der Waals surface area (Å²) in [4.78, 5) is 25.7. The molecule has 1 N–H and O–H groups in total. The highest BCUT2D eigenvalue weighted by Gasteiger charge is 2.45. The molecule has 0 spiro atoms. The summed E-state index contributed by atoms with van der Waals surface area (Å²) in [6.07, 6.45) is 1.54. The zero-order valence-corrected chi connectivity index (χ0v) is 17.0. The van der Waals surface area contributed by atoms with Crippen LogP contribution in [0.25, 0.3) is 0 Å². The summed E-state index contributed by atoms with van der Waals surface area (Å²) in [7, 11) is 0. The van der Waals surface area contributed by atoms with Crippen LogP contribution in [0.4, 0.5) is 0 Å². The number of ether oxygens (including phenoxy) is 2. The first kappa shape index (κ1) is 21.3. The minimum Gasteiger partial charge on any atom is -0.467 e. The van der Waals surface area contributed by atoms with Gasteiger partial charge < -0.3 is 19.2 Å². The molecule has 0 saturated heterocycles. The fourth-order valence-electron chi connectivity index (χ4n) is 3.31.